The van der Waals surface area contributed by atoms with Gasteiger partial charge in [-0.2, -0.15) is 0 Å². The van der Waals surface area contributed by atoms with Gasteiger partial charge in [0.1, 0.15) is 5.69 Å². The molecule has 0 unspecified atom stereocenters. The fourth-order valence-corrected chi connectivity index (χ4v) is 3.96. The average molecular weight is 279 g/mol. The van der Waals surface area contributed by atoms with Gasteiger partial charge in [-0.3, -0.25) is 4.79 Å². The number of nitrogens with two attached hydrogens (primary N) is 1. The standard InChI is InChI=1S/C12H13N3O3S/c13-12(16)8-2-1-7-5-11-10(6-9(7)15-8)14-3-4-19(11,17)18/h1-2,14H,3-6H2,(H2,13,16). The fourth-order valence-electron chi connectivity index (χ4n) is 2.45. The third-order valence-corrected chi connectivity index (χ3v) is 5.32. The summed E-state index contributed by atoms with van der Waals surface area (Å²) in [6.45, 7) is 0.423. The van der Waals surface area contributed by atoms with Crippen molar-refractivity contribution in [3.63, 3.8) is 0 Å². The number of fused-ring (bicyclic) bond motifs is 1. The van der Waals surface area contributed by atoms with Crippen molar-refractivity contribution in [2.75, 3.05) is 12.3 Å². The number of nitrogens with zero attached hydrogens (tertiary/aromatic N) is 1. The zero-order valence-electron chi connectivity index (χ0n) is 10.1. The number of primary amides is 1. The van der Waals surface area contributed by atoms with Crippen molar-refractivity contribution in [2.45, 2.75) is 12.8 Å². The molecular formula is C12H13N3O3S. The van der Waals surface area contributed by atoms with Crippen LogP contribution in [-0.4, -0.2) is 31.6 Å². The molecule has 1 aliphatic heterocycles. The Labute approximate surface area is 110 Å². The minimum atomic E-state index is -3.16. The van der Waals surface area contributed by atoms with Crippen LogP contribution in [-0.2, 0) is 22.7 Å². The minimum absolute atomic E-state index is 0.133. The van der Waals surface area contributed by atoms with Crippen molar-refractivity contribution in [1.29, 1.82) is 0 Å². The molecule has 0 radical (unpaired) electrons. The summed E-state index contributed by atoms with van der Waals surface area (Å²) in [5, 5.41) is 3.11. The van der Waals surface area contributed by atoms with Gasteiger partial charge in [0.25, 0.3) is 5.91 Å². The van der Waals surface area contributed by atoms with Crippen LogP contribution in [0.2, 0.25) is 0 Å². The summed E-state index contributed by atoms with van der Waals surface area (Å²) in [6.07, 6.45) is 0.747. The molecule has 2 heterocycles. The Morgan fingerprint density at radius 1 is 1.32 bits per heavy atom. The quantitative estimate of drug-likeness (QED) is 0.722. The normalized spacial score (nSPS) is 20.2. The number of hydrogen-bond donors (Lipinski definition) is 2. The summed E-state index contributed by atoms with van der Waals surface area (Å²) in [5.41, 5.74) is 7.67. The fraction of sp³-hybridized carbons (Fsp3) is 0.333. The first-order valence-corrected chi connectivity index (χ1v) is 7.60. The first kappa shape index (κ1) is 12.2. The first-order chi connectivity index (χ1) is 8.97. The SMILES string of the molecule is NC(=O)c1ccc2c(n1)CC1=C(C2)S(=O)(=O)CCN1. The third-order valence-electron chi connectivity index (χ3n) is 3.44. The zero-order chi connectivity index (χ0) is 13.6. The van der Waals surface area contributed by atoms with Crippen molar-refractivity contribution in [2.24, 2.45) is 5.73 Å². The lowest BCUT2D eigenvalue weighted by molar-refractivity contribution is 0.0995. The van der Waals surface area contributed by atoms with Crippen LogP contribution in [0.4, 0.5) is 0 Å². The summed E-state index contributed by atoms with van der Waals surface area (Å²) in [6, 6.07) is 3.27. The lowest BCUT2D eigenvalue weighted by Crippen LogP contribution is -2.35. The van der Waals surface area contributed by atoms with E-state index in [0.717, 1.165) is 11.3 Å². The second-order valence-electron chi connectivity index (χ2n) is 4.67. The molecule has 1 aromatic rings. The molecule has 3 N–H and O–H groups in total. The van der Waals surface area contributed by atoms with Gasteiger partial charge in [-0.15, -0.1) is 0 Å². The number of sulfone groups is 1. The number of carbonyl (C=O) groups excluding carboxylic acids is 1. The molecule has 3 rings (SSSR count). The molecule has 1 aliphatic carbocycles. The molecule has 7 heteroatoms. The van der Waals surface area contributed by atoms with Crippen LogP contribution in [0.15, 0.2) is 22.7 Å². The number of carbonyl (C=O) groups is 1. The molecule has 0 spiro atoms. The van der Waals surface area contributed by atoms with Crippen molar-refractivity contribution in [3.8, 4) is 0 Å². The highest BCUT2D eigenvalue weighted by Crippen LogP contribution is 2.29. The van der Waals surface area contributed by atoms with Gasteiger partial charge in [-0.25, -0.2) is 13.4 Å². The van der Waals surface area contributed by atoms with Crippen LogP contribution in [0.5, 0.6) is 0 Å². The Morgan fingerprint density at radius 3 is 2.84 bits per heavy atom. The van der Waals surface area contributed by atoms with Crippen LogP contribution < -0.4 is 11.1 Å². The van der Waals surface area contributed by atoms with Crippen LogP contribution in [0.25, 0.3) is 0 Å². The van der Waals surface area contributed by atoms with Crippen molar-refractivity contribution in [1.82, 2.24) is 10.3 Å². The topological polar surface area (TPSA) is 102 Å². The minimum Gasteiger partial charge on any atom is -0.386 e. The zero-order valence-corrected chi connectivity index (χ0v) is 11.0. The van der Waals surface area contributed by atoms with E-state index in [9.17, 15) is 13.2 Å². The van der Waals surface area contributed by atoms with E-state index in [1.54, 1.807) is 6.07 Å². The van der Waals surface area contributed by atoms with Gasteiger partial charge in [0.05, 0.1) is 16.4 Å². The van der Waals surface area contributed by atoms with E-state index in [0.29, 0.717) is 30.0 Å². The Hall–Kier alpha value is -1.89. The summed E-state index contributed by atoms with van der Waals surface area (Å²) in [7, 11) is -3.16. The van der Waals surface area contributed by atoms with E-state index in [1.165, 1.54) is 6.07 Å². The maximum absolute atomic E-state index is 12.0. The Morgan fingerprint density at radius 2 is 2.11 bits per heavy atom. The highest BCUT2D eigenvalue weighted by atomic mass is 32.2. The predicted molar refractivity (Wildman–Crippen MR) is 69.0 cm³/mol. The van der Waals surface area contributed by atoms with Gasteiger partial charge in [-0.05, 0) is 11.6 Å². The molecule has 0 atom stereocenters. The molecule has 0 fully saturated rings. The number of rotatable bonds is 1. The molecule has 2 aliphatic rings. The highest BCUT2D eigenvalue weighted by molar-refractivity contribution is 7.95. The summed E-state index contributed by atoms with van der Waals surface area (Å²) in [4.78, 5) is 15.8. The van der Waals surface area contributed by atoms with Crippen LogP contribution in [0.1, 0.15) is 21.7 Å². The first-order valence-electron chi connectivity index (χ1n) is 5.94. The Balaban J connectivity index is 2.06. The number of hydrogen-bond acceptors (Lipinski definition) is 5. The van der Waals surface area contributed by atoms with Crippen molar-refractivity contribution >= 4 is 15.7 Å². The molecule has 0 bridgehead atoms. The number of allylic oxidation sites excluding steroid dienone is 2. The predicted octanol–water partition coefficient (Wildman–Crippen LogP) is -0.491. The summed E-state index contributed by atoms with van der Waals surface area (Å²) < 4.78 is 24.0. The highest BCUT2D eigenvalue weighted by Gasteiger charge is 2.31. The molecule has 1 amide bonds. The average Bonchev–Trinajstić information content (AvgIpc) is 2.36. The molecular weight excluding hydrogens is 266 g/mol. The van der Waals surface area contributed by atoms with E-state index in [2.05, 4.69) is 10.3 Å². The Bertz CT molecular complexity index is 707. The van der Waals surface area contributed by atoms with Gasteiger partial charge in [0.15, 0.2) is 9.84 Å². The number of pyridine rings is 1. The maximum Gasteiger partial charge on any atom is 0.267 e. The van der Waals surface area contributed by atoms with Gasteiger partial charge >= 0.3 is 0 Å². The largest absolute Gasteiger partial charge is 0.386 e. The van der Waals surface area contributed by atoms with E-state index in [4.69, 9.17) is 5.73 Å². The smallest absolute Gasteiger partial charge is 0.267 e. The van der Waals surface area contributed by atoms with E-state index in [1.807, 2.05) is 0 Å². The summed E-state index contributed by atoms with van der Waals surface area (Å²) in [5.74, 6) is -0.444. The van der Waals surface area contributed by atoms with E-state index >= 15 is 0 Å². The monoisotopic (exact) mass is 279 g/mol. The van der Waals surface area contributed by atoms with E-state index < -0.39 is 15.7 Å². The number of aromatic nitrogens is 1. The Kier molecular flexibility index (Phi) is 2.60. The van der Waals surface area contributed by atoms with Gasteiger partial charge in [0, 0.05) is 25.1 Å². The number of amides is 1. The van der Waals surface area contributed by atoms with Crippen LogP contribution in [0, 0.1) is 0 Å². The maximum atomic E-state index is 12.0. The van der Waals surface area contributed by atoms with E-state index in [-0.39, 0.29) is 11.4 Å². The molecule has 6 nitrogen and oxygen atoms in total. The second-order valence-corrected chi connectivity index (χ2v) is 6.80. The van der Waals surface area contributed by atoms with Crippen molar-refractivity contribution < 1.29 is 13.2 Å². The van der Waals surface area contributed by atoms with Crippen LogP contribution in [0.3, 0.4) is 0 Å². The number of nitrogens with one attached hydrogen (secondary N) is 1. The molecule has 0 saturated heterocycles. The van der Waals surface area contributed by atoms with Gasteiger partial charge in [-0.1, -0.05) is 6.07 Å². The molecule has 1 aromatic heterocycles. The third kappa shape index (κ3) is 1.99. The lowest BCUT2D eigenvalue weighted by Gasteiger charge is -2.27. The summed E-state index contributed by atoms with van der Waals surface area (Å²) >= 11 is 0. The molecule has 100 valence electrons. The molecule has 0 aromatic carbocycles. The van der Waals surface area contributed by atoms with Gasteiger partial charge < -0.3 is 11.1 Å². The lowest BCUT2D eigenvalue weighted by atomic mass is 9.98. The second kappa shape index (κ2) is 4.06. The molecule has 0 saturated carbocycles. The molecule has 19 heavy (non-hydrogen) atoms. The van der Waals surface area contributed by atoms with Crippen molar-refractivity contribution in [3.05, 3.63) is 39.7 Å². The van der Waals surface area contributed by atoms with Crippen LogP contribution >= 0.6 is 0 Å². The van der Waals surface area contributed by atoms with Gasteiger partial charge in [0.2, 0.25) is 0 Å².